The fourth-order valence-electron chi connectivity index (χ4n) is 4.69. The number of benzene rings is 2. The lowest BCUT2D eigenvalue weighted by atomic mass is 9.92. The van der Waals surface area contributed by atoms with E-state index >= 15 is 0 Å². The molecule has 0 spiro atoms. The fourth-order valence-corrected chi connectivity index (χ4v) is 4.69. The van der Waals surface area contributed by atoms with Crippen LogP contribution in [0.5, 0.6) is 11.5 Å². The van der Waals surface area contributed by atoms with E-state index in [0.29, 0.717) is 44.0 Å². The second kappa shape index (κ2) is 11.6. The molecular weight excluding hydrogens is 444 g/mol. The predicted octanol–water partition coefficient (Wildman–Crippen LogP) is 3.87. The van der Waals surface area contributed by atoms with Crippen molar-refractivity contribution in [2.24, 2.45) is 5.92 Å². The van der Waals surface area contributed by atoms with Crippen molar-refractivity contribution < 1.29 is 23.8 Å². The Morgan fingerprint density at radius 3 is 2.66 bits per heavy atom. The molecule has 1 N–H and O–H groups in total. The number of nitrogens with zero attached hydrogens (tertiary/aromatic N) is 1. The van der Waals surface area contributed by atoms with Gasteiger partial charge in [0.05, 0.1) is 13.2 Å². The van der Waals surface area contributed by atoms with E-state index < -0.39 is 6.04 Å². The van der Waals surface area contributed by atoms with Gasteiger partial charge in [0.15, 0.2) is 11.5 Å². The SMILES string of the molecule is COc1cc(CNC(=O)C2Cc3ccccc3CN2C(=O)CC(C)C)ccc1OCC1CCCO1. The van der Waals surface area contributed by atoms with E-state index in [9.17, 15) is 9.59 Å². The largest absolute Gasteiger partial charge is 0.493 e. The summed E-state index contributed by atoms with van der Waals surface area (Å²) >= 11 is 0. The lowest BCUT2D eigenvalue weighted by Gasteiger charge is -2.36. The van der Waals surface area contributed by atoms with Crippen molar-refractivity contribution in [1.29, 1.82) is 0 Å². The van der Waals surface area contributed by atoms with Crippen LogP contribution in [0, 0.1) is 5.92 Å². The monoisotopic (exact) mass is 480 g/mol. The summed E-state index contributed by atoms with van der Waals surface area (Å²) in [5.74, 6) is 1.39. The van der Waals surface area contributed by atoms with Crippen molar-refractivity contribution >= 4 is 11.8 Å². The quantitative estimate of drug-likeness (QED) is 0.590. The number of amides is 2. The lowest BCUT2D eigenvalue weighted by molar-refractivity contribution is -0.142. The molecule has 2 atom stereocenters. The zero-order valence-electron chi connectivity index (χ0n) is 20.9. The molecule has 35 heavy (non-hydrogen) atoms. The highest BCUT2D eigenvalue weighted by molar-refractivity contribution is 5.88. The Bertz CT molecular complexity index is 1030. The standard InChI is InChI=1S/C28H36N2O5/c1-19(2)13-27(31)30-17-22-8-5-4-7-21(22)15-24(30)28(32)29-16-20-10-11-25(26(14-20)33-3)35-18-23-9-6-12-34-23/h4-5,7-8,10-11,14,19,23-24H,6,9,12-13,15-18H2,1-3H3,(H,29,32). The molecule has 2 aliphatic heterocycles. The second-order valence-corrected chi connectivity index (χ2v) is 9.76. The van der Waals surface area contributed by atoms with E-state index in [1.165, 1.54) is 0 Å². The maximum Gasteiger partial charge on any atom is 0.243 e. The summed E-state index contributed by atoms with van der Waals surface area (Å²) in [5, 5.41) is 3.04. The fraction of sp³-hybridized carbons (Fsp3) is 0.500. The molecule has 1 fully saturated rings. The molecule has 1 saturated heterocycles. The van der Waals surface area contributed by atoms with Crippen LogP contribution in [0.15, 0.2) is 42.5 Å². The number of carbonyl (C=O) groups excluding carboxylic acids is 2. The van der Waals surface area contributed by atoms with Crippen LogP contribution in [0.1, 0.15) is 49.8 Å². The molecule has 188 valence electrons. The highest BCUT2D eigenvalue weighted by Crippen LogP contribution is 2.29. The van der Waals surface area contributed by atoms with Gasteiger partial charge >= 0.3 is 0 Å². The first-order chi connectivity index (χ1) is 16.9. The number of carbonyl (C=O) groups is 2. The Labute approximate surface area is 207 Å². The van der Waals surface area contributed by atoms with Crippen LogP contribution in [-0.4, -0.2) is 49.2 Å². The zero-order chi connectivity index (χ0) is 24.8. The molecule has 0 bridgehead atoms. The molecule has 2 amide bonds. The summed E-state index contributed by atoms with van der Waals surface area (Å²) in [6.07, 6.45) is 3.15. The Morgan fingerprint density at radius 1 is 1.14 bits per heavy atom. The molecule has 0 radical (unpaired) electrons. The summed E-state index contributed by atoms with van der Waals surface area (Å²) in [4.78, 5) is 28.0. The minimum absolute atomic E-state index is 0.0177. The Morgan fingerprint density at radius 2 is 1.94 bits per heavy atom. The van der Waals surface area contributed by atoms with Gasteiger partial charge in [-0.1, -0.05) is 44.2 Å². The van der Waals surface area contributed by atoms with Gasteiger partial charge in [0.2, 0.25) is 11.8 Å². The average Bonchev–Trinajstić information content (AvgIpc) is 3.38. The molecule has 0 aromatic heterocycles. The van der Waals surface area contributed by atoms with Gasteiger partial charge in [-0.05, 0) is 47.6 Å². The molecule has 7 nitrogen and oxygen atoms in total. The van der Waals surface area contributed by atoms with Crippen LogP contribution in [0.4, 0.5) is 0 Å². The number of ether oxygens (including phenoxy) is 3. The summed E-state index contributed by atoms with van der Waals surface area (Å²) < 4.78 is 17.1. The van der Waals surface area contributed by atoms with Gasteiger partial charge in [0.25, 0.3) is 0 Å². The van der Waals surface area contributed by atoms with Crippen LogP contribution in [0.2, 0.25) is 0 Å². The molecule has 0 aliphatic carbocycles. The maximum absolute atomic E-state index is 13.3. The van der Waals surface area contributed by atoms with Crippen molar-refractivity contribution in [2.45, 2.75) is 64.8 Å². The first kappa shape index (κ1) is 25.0. The van der Waals surface area contributed by atoms with Gasteiger partial charge < -0.3 is 24.4 Å². The minimum Gasteiger partial charge on any atom is -0.493 e. The van der Waals surface area contributed by atoms with E-state index in [1.54, 1.807) is 12.0 Å². The van der Waals surface area contributed by atoms with Crippen LogP contribution < -0.4 is 14.8 Å². The smallest absolute Gasteiger partial charge is 0.243 e. The van der Waals surface area contributed by atoms with Crippen molar-refractivity contribution in [3.8, 4) is 11.5 Å². The molecule has 7 heteroatoms. The number of nitrogens with one attached hydrogen (secondary N) is 1. The summed E-state index contributed by atoms with van der Waals surface area (Å²) in [6.45, 7) is 6.13. The lowest BCUT2D eigenvalue weighted by Crippen LogP contribution is -2.52. The van der Waals surface area contributed by atoms with Crippen LogP contribution in [-0.2, 0) is 33.8 Å². The van der Waals surface area contributed by atoms with Crippen molar-refractivity contribution in [2.75, 3.05) is 20.3 Å². The van der Waals surface area contributed by atoms with E-state index in [-0.39, 0.29) is 23.8 Å². The third-order valence-corrected chi connectivity index (χ3v) is 6.60. The molecule has 0 saturated carbocycles. The topological polar surface area (TPSA) is 77.1 Å². The summed E-state index contributed by atoms with van der Waals surface area (Å²) in [5.41, 5.74) is 3.13. The number of hydrogen-bond donors (Lipinski definition) is 1. The molecule has 2 aliphatic rings. The highest BCUT2D eigenvalue weighted by Gasteiger charge is 2.34. The van der Waals surface area contributed by atoms with Gasteiger partial charge in [-0.3, -0.25) is 9.59 Å². The van der Waals surface area contributed by atoms with Gasteiger partial charge in [-0.2, -0.15) is 0 Å². The van der Waals surface area contributed by atoms with E-state index in [1.807, 2.05) is 56.3 Å². The third-order valence-electron chi connectivity index (χ3n) is 6.60. The van der Waals surface area contributed by atoms with Gasteiger partial charge in [-0.25, -0.2) is 0 Å². The van der Waals surface area contributed by atoms with E-state index in [0.717, 1.165) is 36.1 Å². The predicted molar refractivity (Wildman–Crippen MR) is 133 cm³/mol. The van der Waals surface area contributed by atoms with Crippen molar-refractivity contribution in [1.82, 2.24) is 10.2 Å². The molecule has 2 heterocycles. The normalized spacial score (nSPS) is 19.4. The molecule has 2 aromatic rings. The highest BCUT2D eigenvalue weighted by atomic mass is 16.5. The maximum atomic E-state index is 13.3. The molecule has 2 aromatic carbocycles. The second-order valence-electron chi connectivity index (χ2n) is 9.76. The minimum atomic E-state index is -0.521. The molecular formula is C28H36N2O5. The first-order valence-electron chi connectivity index (χ1n) is 12.5. The number of hydrogen-bond acceptors (Lipinski definition) is 5. The van der Waals surface area contributed by atoms with Gasteiger partial charge in [0, 0.05) is 32.5 Å². The van der Waals surface area contributed by atoms with Crippen LogP contribution in [0.25, 0.3) is 0 Å². The first-order valence-corrected chi connectivity index (χ1v) is 12.5. The van der Waals surface area contributed by atoms with Gasteiger partial charge in [-0.15, -0.1) is 0 Å². The van der Waals surface area contributed by atoms with Gasteiger partial charge in [0.1, 0.15) is 12.6 Å². The van der Waals surface area contributed by atoms with E-state index in [4.69, 9.17) is 14.2 Å². The number of rotatable bonds is 9. The Balaban J connectivity index is 1.41. The van der Waals surface area contributed by atoms with E-state index in [2.05, 4.69) is 5.32 Å². The zero-order valence-corrected chi connectivity index (χ0v) is 20.9. The number of methoxy groups -OCH3 is 1. The summed E-state index contributed by atoms with van der Waals surface area (Å²) in [6, 6.07) is 13.2. The van der Waals surface area contributed by atoms with Crippen LogP contribution >= 0.6 is 0 Å². The Hall–Kier alpha value is -3.06. The van der Waals surface area contributed by atoms with Crippen molar-refractivity contribution in [3.05, 3.63) is 59.2 Å². The summed E-state index contributed by atoms with van der Waals surface area (Å²) in [7, 11) is 1.61. The molecule has 2 unspecified atom stereocenters. The van der Waals surface area contributed by atoms with Crippen LogP contribution in [0.3, 0.4) is 0 Å². The average molecular weight is 481 g/mol. The third kappa shape index (κ3) is 6.34. The molecule has 4 rings (SSSR count). The number of fused-ring (bicyclic) bond motifs is 1. The van der Waals surface area contributed by atoms with Crippen molar-refractivity contribution in [3.63, 3.8) is 0 Å². The Kier molecular flexibility index (Phi) is 8.29.